The molecule has 2 aliphatic rings. The Morgan fingerprint density at radius 2 is 1.43 bits per heavy atom. The van der Waals surface area contributed by atoms with Gasteiger partial charge in [0.2, 0.25) is 0 Å². The Hall–Kier alpha value is -0.440. The highest BCUT2D eigenvalue weighted by Crippen LogP contribution is 2.28. The summed E-state index contributed by atoms with van der Waals surface area (Å²) >= 11 is 0. The number of aliphatic hydroxyl groups excluding tert-OH is 8. The second-order valence-corrected chi connectivity index (χ2v) is 5.37. The van der Waals surface area contributed by atoms with Crippen LogP contribution in [-0.4, -0.2) is 115 Å². The molecule has 0 aromatic rings. The Kier molecular flexibility index (Phi) is 5.77. The van der Waals surface area contributed by atoms with Gasteiger partial charge in [0.25, 0.3) is 0 Å². The molecule has 2 aliphatic heterocycles. The van der Waals surface area contributed by atoms with Crippen LogP contribution in [-0.2, 0) is 14.2 Å². The lowest BCUT2D eigenvalue weighted by Crippen LogP contribution is -2.64. The van der Waals surface area contributed by atoms with Crippen LogP contribution in [0.1, 0.15) is 1.37 Å². The van der Waals surface area contributed by atoms with Gasteiger partial charge >= 0.3 is 0 Å². The van der Waals surface area contributed by atoms with Gasteiger partial charge in [-0.3, -0.25) is 0 Å². The molecule has 0 aromatic carbocycles. The van der Waals surface area contributed by atoms with Gasteiger partial charge in [-0.1, -0.05) is 0 Å². The minimum absolute atomic E-state index is 0.731. The van der Waals surface area contributed by atoms with Gasteiger partial charge < -0.3 is 55.1 Å². The second kappa shape index (κ2) is 7.63. The molecule has 0 aromatic heterocycles. The second-order valence-electron chi connectivity index (χ2n) is 5.37. The van der Waals surface area contributed by atoms with Crippen molar-refractivity contribution in [2.45, 2.75) is 61.4 Å². The predicted octanol–water partition coefficient (Wildman–Crippen LogP) is -5.40. The minimum Gasteiger partial charge on any atom is -0.394 e. The molecule has 8 N–H and O–H groups in total. The van der Waals surface area contributed by atoms with Gasteiger partial charge in [-0.05, 0) is 0 Å². The van der Waals surface area contributed by atoms with Crippen LogP contribution < -0.4 is 0 Å². The van der Waals surface area contributed by atoms with Crippen LogP contribution in [0.4, 0.5) is 0 Å². The van der Waals surface area contributed by atoms with E-state index in [0.717, 1.165) is 0 Å². The fourth-order valence-corrected chi connectivity index (χ4v) is 2.46. The molecular formula is C12H22O11. The molecule has 0 spiro atoms. The Morgan fingerprint density at radius 3 is 2.00 bits per heavy atom. The summed E-state index contributed by atoms with van der Waals surface area (Å²) in [5, 5.41) is 76.8. The Labute approximate surface area is 132 Å². The molecule has 10 atom stereocenters. The van der Waals surface area contributed by atoms with Crippen LogP contribution >= 0.6 is 0 Å². The average molecular weight is 343 g/mol. The molecular weight excluding hydrogens is 320 g/mol. The molecule has 11 nitrogen and oxygen atoms in total. The normalized spacial score (nSPS) is 55.5. The van der Waals surface area contributed by atoms with Crippen LogP contribution in [0, 0.1) is 0 Å². The molecule has 2 saturated heterocycles. The lowest BCUT2D eigenvalue weighted by atomic mass is 9.97. The van der Waals surface area contributed by atoms with E-state index in [4.69, 9.17) is 20.7 Å². The number of rotatable bonds is 4. The fraction of sp³-hybridized carbons (Fsp3) is 1.00. The first-order valence-corrected chi connectivity index (χ1v) is 6.95. The van der Waals surface area contributed by atoms with Crippen molar-refractivity contribution in [1.82, 2.24) is 0 Å². The summed E-state index contributed by atoms with van der Waals surface area (Å²) in [6.45, 7) is -1.77. The summed E-state index contributed by atoms with van der Waals surface area (Å²) < 4.78 is 22.8. The molecule has 0 bridgehead atoms. The fourth-order valence-electron chi connectivity index (χ4n) is 2.46. The molecule has 0 amide bonds. The third-order valence-electron chi connectivity index (χ3n) is 3.84. The molecule has 0 saturated carbocycles. The molecule has 0 aliphatic carbocycles. The van der Waals surface area contributed by atoms with E-state index in [1.807, 2.05) is 0 Å². The zero-order valence-electron chi connectivity index (χ0n) is 12.9. The summed E-state index contributed by atoms with van der Waals surface area (Å²) in [4.78, 5) is 0. The van der Waals surface area contributed by atoms with Crippen LogP contribution in [0.3, 0.4) is 0 Å². The third kappa shape index (κ3) is 3.65. The predicted molar refractivity (Wildman–Crippen MR) is 68.6 cm³/mol. The van der Waals surface area contributed by atoms with Crippen molar-refractivity contribution >= 4 is 0 Å². The summed E-state index contributed by atoms with van der Waals surface area (Å²) in [6, 6.07) is 0. The van der Waals surface area contributed by atoms with E-state index in [2.05, 4.69) is 0 Å². The van der Waals surface area contributed by atoms with Crippen molar-refractivity contribution < 1.29 is 56.4 Å². The smallest absolute Gasteiger partial charge is 0.187 e. The van der Waals surface area contributed by atoms with E-state index in [0.29, 0.717) is 0 Å². The summed E-state index contributed by atoms with van der Waals surface area (Å²) in [7, 11) is 0. The first-order chi connectivity index (χ1) is 11.2. The van der Waals surface area contributed by atoms with Gasteiger partial charge in [0.1, 0.15) is 48.8 Å². The van der Waals surface area contributed by atoms with Crippen molar-refractivity contribution in [2.24, 2.45) is 0 Å². The first kappa shape index (κ1) is 17.4. The van der Waals surface area contributed by atoms with Crippen molar-refractivity contribution in [3.8, 4) is 0 Å². The van der Waals surface area contributed by atoms with Gasteiger partial charge in [-0.15, -0.1) is 0 Å². The summed E-state index contributed by atoms with van der Waals surface area (Å²) in [6.07, 6.45) is -18.0. The van der Waals surface area contributed by atoms with Crippen molar-refractivity contribution in [1.29, 1.82) is 0 Å². The van der Waals surface area contributed by atoms with Crippen LogP contribution in [0.2, 0.25) is 0 Å². The van der Waals surface area contributed by atoms with Crippen molar-refractivity contribution in [3.63, 3.8) is 0 Å². The zero-order chi connectivity index (χ0) is 18.2. The highest BCUT2D eigenvalue weighted by Gasteiger charge is 2.50. The van der Waals surface area contributed by atoms with E-state index >= 15 is 0 Å². The first-order valence-electron chi connectivity index (χ1n) is 7.45. The Bertz CT molecular complexity index is 426. The van der Waals surface area contributed by atoms with E-state index < -0.39 is 74.6 Å². The van der Waals surface area contributed by atoms with Gasteiger partial charge in [-0.25, -0.2) is 0 Å². The topological polar surface area (TPSA) is 190 Å². The maximum atomic E-state index is 9.96. The molecule has 0 radical (unpaired) electrons. The number of aliphatic hydroxyl groups is 8. The lowest BCUT2D eigenvalue weighted by Gasteiger charge is -2.45. The maximum absolute atomic E-state index is 9.96. The number of hydrogen-bond donors (Lipinski definition) is 8. The SMILES string of the molecule is [2H][C@]1(CO)O[C@@H](O[C@H]2[C@H](O)[C@@H](O)[C@H](O)O[C@@H]2CO)[C@H](O)[C@@H](O)[C@H]1O. The van der Waals surface area contributed by atoms with Crippen molar-refractivity contribution in [2.75, 3.05) is 13.2 Å². The van der Waals surface area contributed by atoms with Crippen LogP contribution in [0.15, 0.2) is 0 Å². The summed E-state index contributed by atoms with van der Waals surface area (Å²) in [5.41, 5.74) is 0. The van der Waals surface area contributed by atoms with Gasteiger partial charge in [0.05, 0.1) is 14.6 Å². The minimum atomic E-state index is -2.41. The van der Waals surface area contributed by atoms with Crippen LogP contribution in [0.25, 0.3) is 0 Å². The lowest BCUT2D eigenvalue weighted by molar-refractivity contribution is -0.355. The third-order valence-corrected chi connectivity index (χ3v) is 3.84. The van der Waals surface area contributed by atoms with Gasteiger partial charge in [0.15, 0.2) is 12.6 Å². The molecule has 0 unspecified atom stereocenters. The molecule has 2 fully saturated rings. The molecule has 11 heteroatoms. The quantitative estimate of drug-likeness (QED) is 0.243. The Balaban J connectivity index is 2.18. The highest BCUT2D eigenvalue weighted by molar-refractivity contribution is 4.93. The van der Waals surface area contributed by atoms with E-state index in [1.54, 1.807) is 0 Å². The molecule has 136 valence electrons. The van der Waals surface area contributed by atoms with Gasteiger partial charge in [0, 0.05) is 0 Å². The van der Waals surface area contributed by atoms with E-state index in [1.165, 1.54) is 0 Å². The number of hydrogen-bond acceptors (Lipinski definition) is 11. The maximum Gasteiger partial charge on any atom is 0.187 e. The standard InChI is InChI=1S/C12H22O11/c13-1-3-5(15)6(16)9(19)12(22-3)23-10-4(2-14)21-11(20)8(18)7(10)17/h3-20H,1-2H2/t3-,4-,5+,6+,7-,8-,9-,10-,11-,12+/m1/s1/i3D. The monoisotopic (exact) mass is 343 g/mol. The number of ether oxygens (including phenoxy) is 3. The molecule has 23 heavy (non-hydrogen) atoms. The summed E-state index contributed by atoms with van der Waals surface area (Å²) in [5.74, 6) is 0. The molecule has 2 rings (SSSR count). The largest absolute Gasteiger partial charge is 0.394 e. The van der Waals surface area contributed by atoms with Gasteiger partial charge in [-0.2, -0.15) is 0 Å². The van der Waals surface area contributed by atoms with E-state index in [9.17, 15) is 35.7 Å². The van der Waals surface area contributed by atoms with E-state index in [-0.39, 0.29) is 0 Å². The Morgan fingerprint density at radius 1 is 0.783 bits per heavy atom. The average Bonchev–Trinajstić information content (AvgIpc) is 2.57. The highest BCUT2D eigenvalue weighted by atomic mass is 16.7. The van der Waals surface area contributed by atoms with Crippen molar-refractivity contribution in [3.05, 3.63) is 0 Å². The van der Waals surface area contributed by atoms with Crippen LogP contribution in [0.5, 0.6) is 0 Å². The zero-order valence-corrected chi connectivity index (χ0v) is 11.9. The molecule has 2 heterocycles.